The fourth-order valence-corrected chi connectivity index (χ4v) is 4.94. The molecule has 49 heavy (non-hydrogen) atoms. The van der Waals surface area contributed by atoms with Crippen LogP contribution in [0.3, 0.4) is 0 Å². The Labute approximate surface area is 265 Å². The second-order valence-electron chi connectivity index (χ2n) is 11.0. The number of halogens is 15. The van der Waals surface area contributed by atoms with E-state index < -0.39 is 78.3 Å². The third kappa shape index (κ3) is 6.45. The quantitative estimate of drug-likeness (QED) is 0.245. The molecule has 2 N–H and O–H groups in total. The molecule has 0 saturated carbocycles. The van der Waals surface area contributed by atoms with Crippen molar-refractivity contribution in [3.05, 3.63) is 46.7 Å². The lowest BCUT2D eigenvalue weighted by molar-refractivity contribution is -0.451. The van der Waals surface area contributed by atoms with E-state index in [9.17, 15) is 80.2 Å². The van der Waals surface area contributed by atoms with Gasteiger partial charge in [-0.25, -0.2) is 4.79 Å². The first kappa shape index (κ1) is 39.6. The summed E-state index contributed by atoms with van der Waals surface area (Å²) in [5.41, 5.74) is 2.43. The molecule has 0 aromatic heterocycles. The molecule has 0 saturated heterocycles. The first-order valence-electron chi connectivity index (χ1n) is 13.7. The molecule has 3 amide bonds. The van der Waals surface area contributed by atoms with Gasteiger partial charge in [-0.1, -0.05) is 18.2 Å². The number of allylic oxidation sites excluding steroid dienone is 5. The van der Waals surface area contributed by atoms with Gasteiger partial charge in [-0.2, -0.15) is 65.9 Å². The number of ether oxygens (including phenoxy) is 1. The van der Waals surface area contributed by atoms with E-state index in [4.69, 9.17) is 0 Å². The van der Waals surface area contributed by atoms with Crippen LogP contribution in [-0.4, -0.2) is 90.3 Å². The third-order valence-corrected chi connectivity index (χ3v) is 7.75. The van der Waals surface area contributed by atoms with Gasteiger partial charge in [-0.15, -0.1) is 0 Å². The average Bonchev–Trinajstić information content (AvgIpc) is 3.08. The van der Waals surface area contributed by atoms with Gasteiger partial charge in [0.2, 0.25) is 0 Å². The van der Waals surface area contributed by atoms with Crippen LogP contribution in [0.1, 0.15) is 32.6 Å². The number of nitrogens with one attached hydrogen (secondary N) is 2. The molecule has 0 radical (unpaired) electrons. The highest BCUT2D eigenvalue weighted by Gasteiger charge is 2.93. The van der Waals surface area contributed by atoms with Crippen molar-refractivity contribution in [3.8, 4) is 0 Å². The minimum atomic E-state index is -8.48. The van der Waals surface area contributed by atoms with E-state index in [0.717, 1.165) is 18.1 Å². The van der Waals surface area contributed by atoms with Gasteiger partial charge in [0.05, 0.1) is 6.54 Å². The van der Waals surface area contributed by atoms with Crippen molar-refractivity contribution in [1.82, 2.24) is 15.5 Å². The Morgan fingerprint density at radius 3 is 1.84 bits per heavy atom. The van der Waals surface area contributed by atoms with E-state index in [2.05, 4.69) is 10.1 Å². The van der Waals surface area contributed by atoms with Crippen molar-refractivity contribution in [2.75, 3.05) is 13.6 Å². The molecule has 0 fully saturated rings. The van der Waals surface area contributed by atoms with Crippen molar-refractivity contribution in [2.45, 2.75) is 86.5 Å². The zero-order chi connectivity index (χ0) is 37.8. The summed E-state index contributed by atoms with van der Waals surface area (Å²) in [6, 6.07) is -1.41. The van der Waals surface area contributed by atoms with Crippen molar-refractivity contribution < 1.29 is 85.0 Å². The van der Waals surface area contributed by atoms with E-state index in [1.165, 1.54) is 11.9 Å². The summed E-state index contributed by atoms with van der Waals surface area (Å²) in [6.07, 6.45) is -3.14. The molecule has 3 rings (SSSR count). The molecule has 0 unspecified atom stereocenters. The van der Waals surface area contributed by atoms with E-state index in [1.54, 1.807) is 18.2 Å². The largest absolute Gasteiger partial charge is 0.460 e. The highest BCUT2D eigenvalue weighted by molar-refractivity contribution is 5.95. The lowest BCUT2D eigenvalue weighted by atomic mass is 9.85. The number of hydrogen-bond donors (Lipinski definition) is 2. The Morgan fingerprint density at radius 1 is 0.796 bits per heavy atom. The average molecular weight is 739 g/mol. The van der Waals surface area contributed by atoms with E-state index >= 15 is 0 Å². The summed E-state index contributed by atoms with van der Waals surface area (Å²) in [6.45, 7) is -2.43. The van der Waals surface area contributed by atoms with Crippen LogP contribution in [0.15, 0.2) is 46.7 Å². The first-order chi connectivity index (χ1) is 22.1. The number of carbonyl (C=O) groups is 3. The summed E-state index contributed by atoms with van der Waals surface area (Å²) < 4.78 is 205. The number of fused-ring (bicyclic) bond motifs is 1. The summed E-state index contributed by atoms with van der Waals surface area (Å²) >= 11 is 0. The topological polar surface area (TPSA) is 87.7 Å². The molecule has 0 bridgehead atoms. The van der Waals surface area contributed by atoms with Crippen molar-refractivity contribution in [1.29, 1.82) is 0 Å². The Hall–Kier alpha value is -3.88. The summed E-state index contributed by atoms with van der Waals surface area (Å²) in [4.78, 5) is 39.3. The molecule has 2 aliphatic carbocycles. The van der Waals surface area contributed by atoms with Crippen LogP contribution >= 0.6 is 0 Å². The van der Waals surface area contributed by atoms with Gasteiger partial charge >= 0.3 is 47.8 Å². The Balaban J connectivity index is 1.73. The molecule has 1 heterocycles. The molecule has 2 atom stereocenters. The highest BCUT2D eigenvalue weighted by Crippen LogP contribution is 2.62. The summed E-state index contributed by atoms with van der Waals surface area (Å²) in [7, 11) is 1.40. The summed E-state index contributed by atoms with van der Waals surface area (Å²) in [5.74, 6) is -49.9. The lowest BCUT2D eigenvalue weighted by Gasteiger charge is -2.41. The number of alkyl carbamates (subject to hydrolysis) is 1. The van der Waals surface area contributed by atoms with Crippen LogP contribution in [-0.2, 0) is 14.3 Å². The number of alkyl halides is 15. The van der Waals surface area contributed by atoms with Crippen molar-refractivity contribution in [2.24, 2.45) is 0 Å². The third-order valence-electron chi connectivity index (χ3n) is 7.75. The van der Waals surface area contributed by atoms with Crippen LogP contribution < -0.4 is 10.6 Å². The van der Waals surface area contributed by atoms with Gasteiger partial charge in [0.25, 0.3) is 11.8 Å². The Kier molecular flexibility index (Phi) is 10.3. The number of carbonyl (C=O) groups excluding carboxylic acids is 3. The molecule has 276 valence electrons. The minimum absolute atomic E-state index is 0.353. The number of rotatable bonds is 10. The predicted octanol–water partition coefficient (Wildman–Crippen LogP) is 6.68. The second-order valence-corrected chi connectivity index (χ2v) is 11.0. The van der Waals surface area contributed by atoms with Crippen LogP contribution in [0, 0.1) is 0 Å². The zero-order valence-corrected chi connectivity index (χ0v) is 24.7. The van der Waals surface area contributed by atoms with E-state index in [0.29, 0.717) is 42.3 Å². The van der Waals surface area contributed by atoms with Gasteiger partial charge in [0.1, 0.15) is 6.04 Å². The second kappa shape index (κ2) is 12.8. The standard InChI is InChI=1S/C27H24F15N3O4/c1-12(18(46)44-17-15-9-4-3-7-13(15)14-8-5-6-10-16(14)45(2)19(17)47)49-20(48)43-11-21(28,29)22(30,31)23(32,33)24(34,35)25(36,37)26(38,39)27(40,41)42/h4,6,9-10,12,17H,3,5,7-8,11H2,1-2H3,(H,43,48)(H,44,46)/t12-,17-/m0/s1. The maximum Gasteiger partial charge on any atom is 0.460 e. The van der Waals surface area contributed by atoms with E-state index in [1.807, 2.05) is 6.08 Å². The lowest BCUT2D eigenvalue weighted by Crippen LogP contribution is -2.73. The van der Waals surface area contributed by atoms with Gasteiger partial charge < -0.3 is 20.3 Å². The maximum atomic E-state index is 14.1. The Bertz CT molecular complexity index is 1480. The molecule has 0 aromatic carbocycles. The van der Waals surface area contributed by atoms with Crippen LogP contribution in [0.25, 0.3) is 0 Å². The minimum Gasteiger partial charge on any atom is -0.436 e. The monoisotopic (exact) mass is 739 g/mol. The van der Waals surface area contributed by atoms with E-state index in [-0.39, 0.29) is 0 Å². The highest BCUT2D eigenvalue weighted by atomic mass is 19.4. The molecule has 1 aliphatic heterocycles. The smallest absolute Gasteiger partial charge is 0.436 e. The van der Waals surface area contributed by atoms with Crippen molar-refractivity contribution >= 4 is 17.9 Å². The first-order valence-corrected chi connectivity index (χ1v) is 13.7. The predicted molar refractivity (Wildman–Crippen MR) is 135 cm³/mol. The van der Waals surface area contributed by atoms with Crippen LogP contribution in [0.2, 0.25) is 0 Å². The number of amides is 3. The SMILES string of the molecule is C[C@H](OC(=O)NCC(F)(F)C(F)(F)C(F)(F)C(F)(F)C(F)(F)C(F)(F)C(F)(F)F)C(=O)N[C@@H]1C(=O)N(C)C2=C(CCC=C2)C2=C1C=CCC2. The zero-order valence-electron chi connectivity index (χ0n) is 24.7. The normalized spacial score (nSPS) is 20.5. The molecule has 0 aromatic rings. The molecule has 0 spiro atoms. The fraction of sp³-hybridized carbons (Fsp3) is 0.593. The van der Waals surface area contributed by atoms with Gasteiger partial charge in [0.15, 0.2) is 6.10 Å². The molecule has 7 nitrogen and oxygen atoms in total. The van der Waals surface area contributed by atoms with Crippen LogP contribution in [0.5, 0.6) is 0 Å². The number of hydrogen-bond acceptors (Lipinski definition) is 4. The fourth-order valence-electron chi connectivity index (χ4n) is 4.94. The molecule has 22 heteroatoms. The van der Waals surface area contributed by atoms with Gasteiger partial charge in [-0.3, -0.25) is 9.59 Å². The maximum absolute atomic E-state index is 14.1. The van der Waals surface area contributed by atoms with Gasteiger partial charge in [0, 0.05) is 12.7 Å². The van der Waals surface area contributed by atoms with Crippen LogP contribution in [0.4, 0.5) is 70.7 Å². The number of nitrogens with zero attached hydrogens (tertiary/aromatic N) is 1. The molecular formula is C27H24F15N3O4. The summed E-state index contributed by atoms with van der Waals surface area (Å²) in [5, 5.41) is 2.93. The number of likely N-dealkylation sites (N-methyl/N-ethyl adjacent to an activating group) is 1. The van der Waals surface area contributed by atoms with Crippen molar-refractivity contribution in [3.63, 3.8) is 0 Å². The molecular weight excluding hydrogens is 715 g/mol. The molecule has 3 aliphatic rings. The van der Waals surface area contributed by atoms with Gasteiger partial charge in [-0.05, 0) is 55.4 Å². The Morgan fingerprint density at radius 2 is 1.29 bits per heavy atom.